The maximum atomic E-state index is 13.7. The highest BCUT2D eigenvalue weighted by Gasteiger charge is 2.80. The van der Waals surface area contributed by atoms with E-state index in [-0.39, 0.29) is 42.9 Å². The number of amides is 2. The summed E-state index contributed by atoms with van der Waals surface area (Å²) >= 11 is 0. The number of aliphatic hydroxyl groups excluding tert-OH is 1. The van der Waals surface area contributed by atoms with E-state index in [1.165, 1.54) is 4.90 Å². The van der Waals surface area contributed by atoms with Crippen molar-refractivity contribution in [2.24, 2.45) is 23.2 Å². The normalized spacial score (nSPS) is 36.4. The number of carbonyl (C=O) groups excluding carboxylic acids is 3. The second kappa shape index (κ2) is 7.97. The lowest BCUT2D eigenvalue weighted by Gasteiger charge is -2.38. The van der Waals surface area contributed by atoms with Gasteiger partial charge < -0.3 is 24.8 Å². The van der Waals surface area contributed by atoms with Crippen molar-refractivity contribution in [3.05, 3.63) is 0 Å². The summed E-state index contributed by atoms with van der Waals surface area (Å²) in [6.07, 6.45) is 1.23. The molecule has 3 fully saturated rings. The van der Waals surface area contributed by atoms with E-state index in [1.807, 2.05) is 27.7 Å². The molecule has 8 nitrogen and oxygen atoms in total. The highest BCUT2D eigenvalue weighted by molar-refractivity contribution is 5.98. The number of hydrogen-bond acceptors (Lipinski definition) is 6. The summed E-state index contributed by atoms with van der Waals surface area (Å²) < 4.78 is 11.9. The molecule has 182 valence electrons. The number of likely N-dealkylation sites (tertiary alicyclic amines) is 1. The van der Waals surface area contributed by atoms with Crippen LogP contribution in [-0.4, -0.2) is 70.3 Å². The Bertz CT molecular complexity index is 790. The third-order valence-electron chi connectivity index (χ3n) is 7.38. The number of aliphatic hydroxyl groups is 1. The highest BCUT2D eigenvalue weighted by Crippen LogP contribution is 2.65. The quantitative estimate of drug-likeness (QED) is 0.572. The van der Waals surface area contributed by atoms with Gasteiger partial charge >= 0.3 is 5.97 Å². The van der Waals surface area contributed by atoms with Crippen molar-refractivity contribution >= 4 is 17.8 Å². The first kappa shape index (κ1) is 25.0. The minimum Gasteiger partial charge on any atom is -0.466 e. The lowest BCUT2D eigenvalue weighted by atomic mass is 9.62. The fourth-order valence-corrected chi connectivity index (χ4v) is 6.75. The largest absolute Gasteiger partial charge is 0.466 e. The molecule has 0 aromatic carbocycles. The molecule has 8 heteroatoms. The van der Waals surface area contributed by atoms with E-state index < -0.39 is 40.6 Å². The predicted octanol–water partition coefficient (Wildman–Crippen LogP) is 1.88. The van der Waals surface area contributed by atoms with E-state index in [1.54, 1.807) is 6.92 Å². The van der Waals surface area contributed by atoms with E-state index in [2.05, 4.69) is 26.1 Å². The summed E-state index contributed by atoms with van der Waals surface area (Å²) in [5.74, 6) is -2.69. The zero-order valence-electron chi connectivity index (χ0n) is 20.8. The Hall–Kier alpha value is -1.67. The predicted molar refractivity (Wildman–Crippen MR) is 118 cm³/mol. The molecule has 0 aromatic rings. The number of nitrogens with zero attached hydrogens (tertiary/aromatic N) is 1. The Morgan fingerprint density at radius 2 is 1.91 bits per heavy atom. The van der Waals surface area contributed by atoms with Crippen LogP contribution in [-0.2, 0) is 23.9 Å². The summed E-state index contributed by atoms with van der Waals surface area (Å²) in [6.45, 7) is 15.8. The molecular weight excluding hydrogens is 412 g/mol. The lowest BCUT2D eigenvalue weighted by Crippen LogP contribution is -2.59. The number of fused-ring (bicyclic) bond motifs is 1. The summed E-state index contributed by atoms with van der Waals surface area (Å²) in [5, 5.41) is 12.8. The number of rotatable bonds is 7. The van der Waals surface area contributed by atoms with Crippen molar-refractivity contribution in [2.75, 3.05) is 19.8 Å². The summed E-state index contributed by atoms with van der Waals surface area (Å²) in [5.41, 5.74) is -2.51. The molecule has 3 aliphatic rings. The van der Waals surface area contributed by atoms with Crippen LogP contribution < -0.4 is 5.32 Å². The topological polar surface area (TPSA) is 105 Å². The van der Waals surface area contributed by atoms with Gasteiger partial charge in [0, 0.05) is 12.1 Å². The van der Waals surface area contributed by atoms with Crippen LogP contribution in [0.25, 0.3) is 0 Å². The fourth-order valence-electron chi connectivity index (χ4n) is 6.75. The standard InChI is InChI=1S/C24H40N2O6/c1-9-31-20(30)16-15-19(29)26(10-11-27)17(24(15)12-14(2)23(16,8)32-24)18(28)25-22(6,7)13-21(3,4)5/h14-17,27H,9-13H2,1-8H3,(H,25,28)/t14?,15-,16+,17?,23-,24?/m0/s1. The molecule has 6 atom stereocenters. The van der Waals surface area contributed by atoms with Gasteiger partial charge in [-0.1, -0.05) is 27.7 Å². The zero-order chi connectivity index (χ0) is 24.3. The summed E-state index contributed by atoms with van der Waals surface area (Å²) in [4.78, 5) is 41.7. The van der Waals surface area contributed by atoms with E-state index in [4.69, 9.17) is 9.47 Å². The minimum absolute atomic E-state index is 0.00675. The third-order valence-corrected chi connectivity index (χ3v) is 7.38. The second-order valence-corrected chi connectivity index (χ2v) is 11.8. The molecule has 0 aromatic heterocycles. The van der Waals surface area contributed by atoms with Gasteiger partial charge in [0.1, 0.15) is 17.6 Å². The van der Waals surface area contributed by atoms with Crippen molar-refractivity contribution < 1.29 is 29.0 Å². The molecule has 1 spiro atoms. The number of hydrogen-bond donors (Lipinski definition) is 2. The number of ether oxygens (including phenoxy) is 2. The zero-order valence-corrected chi connectivity index (χ0v) is 20.8. The van der Waals surface area contributed by atoms with Gasteiger partial charge in [-0.15, -0.1) is 0 Å². The minimum atomic E-state index is -1.11. The van der Waals surface area contributed by atoms with Crippen LogP contribution in [0.1, 0.15) is 68.2 Å². The van der Waals surface area contributed by atoms with Crippen molar-refractivity contribution in [2.45, 2.75) is 91.0 Å². The molecule has 3 saturated heterocycles. The lowest BCUT2D eigenvalue weighted by molar-refractivity contribution is -0.161. The van der Waals surface area contributed by atoms with Gasteiger partial charge in [0.05, 0.1) is 24.7 Å². The van der Waals surface area contributed by atoms with Crippen LogP contribution in [0.5, 0.6) is 0 Å². The van der Waals surface area contributed by atoms with Crippen LogP contribution in [0, 0.1) is 23.2 Å². The van der Waals surface area contributed by atoms with Gasteiger partial charge in [0.2, 0.25) is 11.8 Å². The summed E-state index contributed by atoms with van der Waals surface area (Å²) in [6, 6.07) is -0.907. The van der Waals surface area contributed by atoms with Gasteiger partial charge in [-0.3, -0.25) is 14.4 Å². The van der Waals surface area contributed by atoms with Crippen LogP contribution in [0.4, 0.5) is 0 Å². The van der Waals surface area contributed by atoms with Crippen LogP contribution >= 0.6 is 0 Å². The van der Waals surface area contributed by atoms with Crippen molar-refractivity contribution in [1.29, 1.82) is 0 Å². The first-order valence-electron chi connectivity index (χ1n) is 11.7. The first-order valence-corrected chi connectivity index (χ1v) is 11.7. The van der Waals surface area contributed by atoms with Crippen molar-refractivity contribution in [3.8, 4) is 0 Å². The Morgan fingerprint density at radius 1 is 1.28 bits per heavy atom. The Morgan fingerprint density at radius 3 is 2.44 bits per heavy atom. The molecule has 2 bridgehead atoms. The molecule has 3 unspecified atom stereocenters. The molecule has 0 saturated carbocycles. The molecular formula is C24H40N2O6. The van der Waals surface area contributed by atoms with Gasteiger partial charge in [0.25, 0.3) is 0 Å². The number of esters is 1. The van der Waals surface area contributed by atoms with Gasteiger partial charge in [-0.05, 0) is 51.9 Å². The van der Waals surface area contributed by atoms with E-state index in [0.29, 0.717) is 6.42 Å². The second-order valence-electron chi connectivity index (χ2n) is 11.8. The number of nitrogens with one attached hydrogen (secondary N) is 1. The van der Waals surface area contributed by atoms with Gasteiger partial charge in [-0.2, -0.15) is 0 Å². The number of carbonyl (C=O) groups is 3. The first-order chi connectivity index (χ1) is 14.6. The third kappa shape index (κ3) is 3.83. The monoisotopic (exact) mass is 452 g/mol. The molecule has 3 aliphatic heterocycles. The van der Waals surface area contributed by atoms with Crippen LogP contribution in [0.3, 0.4) is 0 Å². The van der Waals surface area contributed by atoms with Crippen molar-refractivity contribution in [1.82, 2.24) is 10.2 Å². The maximum Gasteiger partial charge on any atom is 0.312 e. The van der Waals surface area contributed by atoms with Gasteiger partial charge in [0.15, 0.2) is 0 Å². The van der Waals surface area contributed by atoms with Crippen LogP contribution in [0.2, 0.25) is 0 Å². The smallest absolute Gasteiger partial charge is 0.312 e. The molecule has 2 N–H and O–H groups in total. The Balaban J connectivity index is 2.02. The average molecular weight is 453 g/mol. The molecule has 32 heavy (non-hydrogen) atoms. The summed E-state index contributed by atoms with van der Waals surface area (Å²) in [7, 11) is 0. The highest BCUT2D eigenvalue weighted by atomic mass is 16.6. The SMILES string of the molecule is CCOC(=O)[C@H]1[C@H]2C(=O)N(CCO)C(C(=O)NC(C)(C)CC(C)(C)C)C23CC(C)[C@]1(C)O3. The molecule has 0 radical (unpaired) electrons. The fraction of sp³-hybridized carbons (Fsp3) is 0.875. The Labute approximate surface area is 191 Å². The number of β-amino-alcohol motifs (C(OH)–C–C–N with tert-alkyl or cyclic N) is 1. The van der Waals surface area contributed by atoms with Gasteiger partial charge in [-0.25, -0.2) is 0 Å². The molecule has 0 aliphatic carbocycles. The van der Waals surface area contributed by atoms with Crippen LogP contribution in [0.15, 0.2) is 0 Å². The van der Waals surface area contributed by atoms with E-state index >= 15 is 0 Å². The molecule has 3 rings (SSSR count). The van der Waals surface area contributed by atoms with E-state index in [9.17, 15) is 19.5 Å². The average Bonchev–Trinajstić information content (AvgIpc) is 3.11. The molecule has 2 amide bonds. The van der Waals surface area contributed by atoms with E-state index in [0.717, 1.165) is 6.42 Å². The molecule has 3 heterocycles. The maximum absolute atomic E-state index is 13.7. The van der Waals surface area contributed by atoms with Crippen molar-refractivity contribution in [3.63, 3.8) is 0 Å². The Kier molecular flexibility index (Phi) is 6.22.